The first kappa shape index (κ1) is 7.53. The molecule has 11 heavy (non-hydrogen) atoms. The fourth-order valence-corrected chi connectivity index (χ4v) is 2.00. The summed E-state index contributed by atoms with van der Waals surface area (Å²) in [5, 5.41) is 6.88. The van der Waals surface area contributed by atoms with Crippen LogP contribution in [0.4, 0.5) is 0 Å². The van der Waals surface area contributed by atoms with Crippen LogP contribution >= 0.6 is 0 Å². The zero-order valence-corrected chi connectivity index (χ0v) is 6.97. The molecule has 0 amide bonds. The van der Waals surface area contributed by atoms with Gasteiger partial charge in [-0.1, -0.05) is 0 Å². The molecule has 0 saturated carbocycles. The third-order valence-corrected chi connectivity index (χ3v) is 2.70. The lowest BCUT2D eigenvalue weighted by Crippen LogP contribution is -2.51. The quantitative estimate of drug-likeness (QED) is 0.482. The molecule has 3 heteroatoms. The summed E-state index contributed by atoms with van der Waals surface area (Å²) in [5.41, 5.74) is 0. The molecule has 2 saturated heterocycles. The van der Waals surface area contributed by atoms with E-state index in [1.54, 1.807) is 0 Å². The SMILES string of the molecule is C1C[C@@H]2CNCCN2CCN1. The average Bonchev–Trinajstić information content (AvgIpc) is 2.28. The van der Waals surface area contributed by atoms with Crippen molar-refractivity contribution in [3.63, 3.8) is 0 Å². The fraction of sp³-hybridized carbons (Fsp3) is 1.00. The van der Waals surface area contributed by atoms with E-state index in [1.165, 1.54) is 45.7 Å². The Morgan fingerprint density at radius 3 is 2.73 bits per heavy atom. The molecule has 2 rings (SSSR count). The van der Waals surface area contributed by atoms with Crippen molar-refractivity contribution in [2.75, 3.05) is 39.3 Å². The van der Waals surface area contributed by atoms with E-state index in [9.17, 15) is 0 Å². The molecule has 3 nitrogen and oxygen atoms in total. The number of nitrogens with one attached hydrogen (secondary N) is 2. The third-order valence-electron chi connectivity index (χ3n) is 2.70. The Morgan fingerprint density at radius 2 is 1.82 bits per heavy atom. The van der Waals surface area contributed by atoms with E-state index in [4.69, 9.17) is 0 Å². The number of hydrogen-bond donors (Lipinski definition) is 2. The summed E-state index contributed by atoms with van der Waals surface area (Å²) >= 11 is 0. The van der Waals surface area contributed by atoms with Crippen LogP contribution in [0.3, 0.4) is 0 Å². The molecule has 2 aliphatic rings. The third kappa shape index (κ3) is 1.72. The summed E-state index contributed by atoms with van der Waals surface area (Å²) in [6.07, 6.45) is 1.31. The molecule has 0 aliphatic carbocycles. The molecular weight excluding hydrogens is 138 g/mol. The van der Waals surface area contributed by atoms with Crippen LogP contribution in [0.2, 0.25) is 0 Å². The summed E-state index contributed by atoms with van der Waals surface area (Å²) in [7, 11) is 0. The van der Waals surface area contributed by atoms with Gasteiger partial charge < -0.3 is 10.6 Å². The Labute approximate surface area is 68.1 Å². The second-order valence-corrected chi connectivity index (χ2v) is 3.43. The van der Waals surface area contributed by atoms with E-state index in [-0.39, 0.29) is 0 Å². The predicted octanol–water partition coefficient (Wildman–Crippen LogP) is -0.746. The molecular formula is C8H17N3. The zero-order valence-electron chi connectivity index (χ0n) is 6.97. The minimum atomic E-state index is 0.804. The van der Waals surface area contributed by atoms with Crippen LogP contribution in [0.5, 0.6) is 0 Å². The van der Waals surface area contributed by atoms with Gasteiger partial charge in [0.25, 0.3) is 0 Å². The van der Waals surface area contributed by atoms with Crippen molar-refractivity contribution in [3.05, 3.63) is 0 Å². The highest BCUT2D eigenvalue weighted by Gasteiger charge is 2.22. The van der Waals surface area contributed by atoms with Gasteiger partial charge >= 0.3 is 0 Å². The van der Waals surface area contributed by atoms with E-state index >= 15 is 0 Å². The maximum Gasteiger partial charge on any atom is 0.0233 e. The molecule has 1 atom stereocenters. The van der Waals surface area contributed by atoms with Gasteiger partial charge in [0, 0.05) is 38.8 Å². The van der Waals surface area contributed by atoms with Gasteiger partial charge in [-0.2, -0.15) is 0 Å². The zero-order chi connectivity index (χ0) is 7.52. The number of rotatable bonds is 0. The maximum absolute atomic E-state index is 3.44. The van der Waals surface area contributed by atoms with Crippen LogP contribution < -0.4 is 10.6 Å². The second kappa shape index (κ2) is 3.52. The summed E-state index contributed by atoms with van der Waals surface area (Å²) in [6.45, 7) is 7.23. The van der Waals surface area contributed by atoms with Crippen molar-refractivity contribution in [1.29, 1.82) is 0 Å². The molecule has 0 aromatic rings. The highest BCUT2D eigenvalue weighted by atomic mass is 15.2. The largest absolute Gasteiger partial charge is 0.315 e. The Bertz CT molecular complexity index is 113. The van der Waals surface area contributed by atoms with E-state index in [1.807, 2.05) is 0 Å². The highest BCUT2D eigenvalue weighted by molar-refractivity contribution is 4.82. The molecule has 2 N–H and O–H groups in total. The van der Waals surface area contributed by atoms with Gasteiger partial charge in [0.1, 0.15) is 0 Å². The lowest BCUT2D eigenvalue weighted by molar-refractivity contribution is 0.170. The molecule has 2 heterocycles. The van der Waals surface area contributed by atoms with Crippen LogP contribution in [-0.2, 0) is 0 Å². The molecule has 0 aromatic heterocycles. The smallest absolute Gasteiger partial charge is 0.0233 e. The van der Waals surface area contributed by atoms with Gasteiger partial charge in [-0.25, -0.2) is 0 Å². The Hall–Kier alpha value is -0.120. The minimum absolute atomic E-state index is 0.804. The van der Waals surface area contributed by atoms with Crippen molar-refractivity contribution in [1.82, 2.24) is 15.5 Å². The first-order chi connectivity index (χ1) is 5.47. The summed E-state index contributed by atoms with van der Waals surface area (Å²) in [6, 6.07) is 0.804. The van der Waals surface area contributed by atoms with Crippen LogP contribution in [0.15, 0.2) is 0 Å². The molecule has 0 aromatic carbocycles. The van der Waals surface area contributed by atoms with E-state index in [0.29, 0.717) is 0 Å². The molecule has 64 valence electrons. The van der Waals surface area contributed by atoms with Crippen molar-refractivity contribution in [3.8, 4) is 0 Å². The van der Waals surface area contributed by atoms with Crippen LogP contribution in [0.25, 0.3) is 0 Å². The molecule has 0 unspecified atom stereocenters. The monoisotopic (exact) mass is 155 g/mol. The second-order valence-electron chi connectivity index (χ2n) is 3.43. The molecule has 0 bridgehead atoms. The van der Waals surface area contributed by atoms with Gasteiger partial charge in [-0.3, -0.25) is 4.90 Å². The molecule has 2 fully saturated rings. The average molecular weight is 155 g/mol. The van der Waals surface area contributed by atoms with Gasteiger partial charge in [-0.05, 0) is 13.0 Å². The molecule has 2 aliphatic heterocycles. The van der Waals surface area contributed by atoms with E-state index in [2.05, 4.69) is 15.5 Å². The summed E-state index contributed by atoms with van der Waals surface area (Å²) in [5.74, 6) is 0. The Kier molecular flexibility index (Phi) is 2.41. The molecule has 0 spiro atoms. The summed E-state index contributed by atoms with van der Waals surface area (Å²) in [4.78, 5) is 2.61. The van der Waals surface area contributed by atoms with Crippen LogP contribution in [0, 0.1) is 0 Å². The Morgan fingerprint density at radius 1 is 1.00 bits per heavy atom. The number of fused-ring (bicyclic) bond motifs is 1. The highest BCUT2D eigenvalue weighted by Crippen LogP contribution is 2.07. The predicted molar refractivity (Wildman–Crippen MR) is 45.7 cm³/mol. The van der Waals surface area contributed by atoms with Gasteiger partial charge in [-0.15, -0.1) is 0 Å². The molecule has 0 radical (unpaired) electrons. The van der Waals surface area contributed by atoms with Crippen molar-refractivity contribution in [2.45, 2.75) is 12.5 Å². The number of nitrogens with zero attached hydrogens (tertiary/aromatic N) is 1. The van der Waals surface area contributed by atoms with Crippen molar-refractivity contribution in [2.24, 2.45) is 0 Å². The minimum Gasteiger partial charge on any atom is -0.315 e. The first-order valence-corrected chi connectivity index (χ1v) is 4.62. The maximum atomic E-state index is 3.44. The summed E-state index contributed by atoms with van der Waals surface area (Å²) < 4.78 is 0. The fourth-order valence-electron chi connectivity index (χ4n) is 2.00. The van der Waals surface area contributed by atoms with E-state index in [0.717, 1.165) is 6.04 Å². The topological polar surface area (TPSA) is 27.3 Å². The number of hydrogen-bond acceptors (Lipinski definition) is 3. The van der Waals surface area contributed by atoms with Gasteiger partial charge in [0.15, 0.2) is 0 Å². The lowest BCUT2D eigenvalue weighted by Gasteiger charge is -2.34. The lowest BCUT2D eigenvalue weighted by atomic mass is 10.1. The van der Waals surface area contributed by atoms with Gasteiger partial charge in [0.2, 0.25) is 0 Å². The Balaban J connectivity index is 1.93. The van der Waals surface area contributed by atoms with Crippen molar-refractivity contribution >= 4 is 0 Å². The standard InChI is InChI=1S/C8H17N3/c1-2-9-3-5-11-6-4-10-7-8(1)11/h8-10H,1-7H2/t8-/m1/s1. The number of piperazine rings is 1. The normalized spacial score (nSPS) is 34.4. The van der Waals surface area contributed by atoms with Crippen LogP contribution in [-0.4, -0.2) is 50.2 Å². The van der Waals surface area contributed by atoms with Gasteiger partial charge in [0.05, 0.1) is 0 Å². The van der Waals surface area contributed by atoms with E-state index < -0.39 is 0 Å². The van der Waals surface area contributed by atoms with Crippen LogP contribution in [0.1, 0.15) is 6.42 Å². The van der Waals surface area contributed by atoms with Crippen molar-refractivity contribution < 1.29 is 0 Å². The first-order valence-electron chi connectivity index (χ1n) is 4.62.